The van der Waals surface area contributed by atoms with E-state index in [0.29, 0.717) is 50.9 Å². The maximum atomic E-state index is 13.2. The van der Waals surface area contributed by atoms with E-state index in [1.54, 1.807) is 0 Å². The molecule has 7 N–H and O–H groups in total. The van der Waals surface area contributed by atoms with Gasteiger partial charge in [-0.05, 0) is 56.6 Å². The van der Waals surface area contributed by atoms with E-state index >= 15 is 0 Å². The third-order valence-corrected chi connectivity index (χ3v) is 6.79. The number of carboxylic acid groups (broad SMARTS) is 1. The lowest BCUT2D eigenvalue weighted by Gasteiger charge is -2.30. The first-order valence-electron chi connectivity index (χ1n) is 11.8. The van der Waals surface area contributed by atoms with Crippen molar-refractivity contribution >= 4 is 35.5 Å². The number of nitrogens with two attached hydrogens (primary N) is 2. The summed E-state index contributed by atoms with van der Waals surface area (Å²) in [5, 5.41) is 15.0. The highest BCUT2D eigenvalue weighted by molar-refractivity contribution is 7.98. The van der Waals surface area contributed by atoms with Crippen molar-refractivity contribution in [3.63, 3.8) is 0 Å². The van der Waals surface area contributed by atoms with E-state index in [-0.39, 0.29) is 5.92 Å². The highest BCUT2D eigenvalue weighted by atomic mass is 32.2. The van der Waals surface area contributed by atoms with Crippen molar-refractivity contribution in [1.29, 1.82) is 0 Å². The fraction of sp³-hybridized carbons (Fsp3) is 0.818. The summed E-state index contributed by atoms with van der Waals surface area (Å²) in [6.07, 6.45) is 5.87. The number of nitrogens with one attached hydrogen (secondary N) is 2. The summed E-state index contributed by atoms with van der Waals surface area (Å²) in [5.41, 5.74) is 11.5. The van der Waals surface area contributed by atoms with E-state index in [0.717, 1.165) is 12.8 Å². The second-order valence-corrected chi connectivity index (χ2v) is 9.62. The Morgan fingerprint density at radius 2 is 1.85 bits per heavy atom. The second kappa shape index (κ2) is 15.1. The monoisotopic (exact) mass is 487 g/mol. The van der Waals surface area contributed by atoms with Gasteiger partial charge in [-0.1, -0.05) is 26.7 Å². The molecular weight excluding hydrogens is 446 g/mol. The summed E-state index contributed by atoms with van der Waals surface area (Å²) >= 11 is 1.53. The minimum absolute atomic E-state index is 0.181. The molecule has 0 spiro atoms. The lowest BCUT2D eigenvalue weighted by molar-refractivity contribution is -0.149. The van der Waals surface area contributed by atoms with Crippen molar-refractivity contribution < 1.29 is 24.3 Å². The number of hydrogen-bond acceptors (Lipinski definition) is 7. The maximum absolute atomic E-state index is 13.2. The molecule has 0 aromatic carbocycles. The SMILES string of the molecule is CCC(C)C(NC(=O)C(N)CCCCN)C(=O)NC(CCSC)C(=O)N1CCCC1C(=O)O. The Morgan fingerprint density at radius 3 is 2.42 bits per heavy atom. The van der Waals surface area contributed by atoms with E-state index in [2.05, 4.69) is 10.6 Å². The van der Waals surface area contributed by atoms with E-state index < -0.39 is 47.9 Å². The molecule has 1 aliphatic heterocycles. The van der Waals surface area contributed by atoms with Crippen LogP contribution in [-0.2, 0) is 19.2 Å². The predicted octanol–water partition coefficient (Wildman–Crippen LogP) is 0.287. The Labute approximate surface area is 200 Å². The Morgan fingerprint density at radius 1 is 1.15 bits per heavy atom. The summed E-state index contributed by atoms with van der Waals surface area (Å²) in [6, 6.07) is -3.32. The van der Waals surface area contributed by atoms with Gasteiger partial charge in [-0.25, -0.2) is 4.79 Å². The second-order valence-electron chi connectivity index (χ2n) is 8.63. The molecular formula is C22H41N5O5S. The average Bonchev–Trinajstić information content (AvgIpc) is 3.29. The average molecular weight is 488 g/mol. The Bertz CT molecular complexity index is 665. The van der Waals surface area contributed by atoms with Gasteiger partial charge in [0.2, 0.25) is 17.7 Å². The largest absolute Gasteiger partial charge is 0.480 e. The third-order valence-electron chi connectivity index (χ3n) is 6.15. The van der Waals surface area contributed by atoms with Crippen LogP contribution in [0.4, 0.5) is 0 Å². The molecule has 0 bridgehead atoms. The minimum atomic E-state index is -1.04. The number of aliphatic carboxylic acids is 1. The van der Waals surface area contributed by atoms with Crippen LogP contribution in [-0.4, -0.2) is 83.0 Å². The summed E-state index contributed by atoms with van der Waals surface area (Å²) < 4.78 is 0. The number of carbonyl (C=O) groups is 4. The van der Waals surface area contributed by atoms with Crippen LogP contribution in [0.2, 0.25) is 0 Å². The molecule has 5 atom stereocenters. The first-order valence-corrected chi connectivity index (χ1v) is 13.2. The number of rotatable bonds is 15. The van der Waals surface area contributed by atoms with Crippen LogP contribution in [0.5, 0.6) is 0 Å². The number of amides is 3. The first kappa shape index (κ1) is 29.2. The number of likely N-dealkylation sites (tertiary alicyclic amines) is 1. The molecule has 11 heteroatoms. The zero-order chi connectivity index (χ0) is 25.0. The van der Waals surface area contributed by atoms with Gasteiger partial charge < -0.3 is 32.1 Å². The smallest absolute Gasteiger partial charge is 0.326 e. The zero-order valence-electron chi connectivity index (χ0n) is 20.0. The number of hydrogen-bond donors (Lipinski definition) is 5. The highest BCUT2D eigenvalue weighted by Gasteiger charge is 2.38. The van der Waals surface area contributed by atoms with Crippen molar-refractivity contribution in [1.82, 2.24) is 15.5 Å². The number of carbonyl (C=O) groups excluding carboxylic acids is 3. The third kappa shape index (κ3) is 9.13. The summed E-state index contributed by atoms with van der Waals surface area (Å²) in [4.78, 5) is 51.8. The topological polar surface area (TPSA) is 168 Å². The Hall–Kier alpha value is -1.85. The first-order chi connectivity index (χ1) is 15.7. The molecule has 1 fully saturated rings. The molecule has 1 heterocycles. The van der Waals surface area contributed by atoms with Gasteiger partial charge in [0.15, 0.2) is 0 Å². The van der Waals surface area contributed by atoms with E-state index in [1.807, 2.05) is 20.1 Å². The van der Waals surface area contributed by atoms with Crippen molar-refractivity contribution in [2.45, 2.75) is 83.0 Å². The molecule has 1 aliphatic rings. The summed E-state index contributed by atoms with van der Waals surface area (Å²) in [7, 11) is 0. The van der Waals surface area contributed by atoms with Gasteiger partial charge in [-0.15, -0.1) is 0 Å². The molecule has 0 aromatic rings. The lowest BCUT2D eigenvalue weighted by atomic mass is 9.97. The van der Waals surface area contributed by atoms with Crippen LogP contribution in [0.3, 0.4) is 0 Å². The molecule has 3 amide bonds. The van der Waals surface area contributed by atoms with Crippen LogP contribution >= 0.6 is 11.8 Å². The number of thioether (sulfide) groups is 1. The molecule has 0 saturated carbocycles. The van der Waals surface area contributed by atoms with Gasteiger partial charge in [0.1, 0.15) is 18.1 Å². The molecule has 1 saturated heterocycles. The normalized spacial score (nSPS) is 19.4. The van der Waals surface area contributed by atoms with Crippen LogP contribution in [0.25, 0.3) is 0 Å². The van der Waals surface area contributed by atoms with Gasteiger partial charge in [0.05, 0.1) is 6.04 Å². The van der Waals surface area contributed by atoms with Crippen LogP contribution < -0.4 is 22.1 Å². The van der Waals surface area contributed by atoms with Gasteiger partial charge in [0.25, 0.3) is 0 Å². The van der Waals surface area contributed by atoms with Crippen LogP contribution in [0.15, 0.2) is 0 Å². The molecule has 33 heavy (non-hydrogen) atoms. The van der Waals surface area contributed by atoms with Crippen molar-refractivity contribution in [2.75, 3.05) is 25.1 Å². The maximum Gasteiger partial charge on any atom is 0.326 e. The lowest BCUT2D eigenvalue weighted by Crippen LogP contribution is -2.58. The Balaban J connectivity index is 2.93. The fourth-order valence-corrected chi connectivity index (χ4v) is 4.32. The number of carboxylic acids is 1. The standard InChI is InChI=1S/C22H41N5O5S/c1-4-14(2)18(26-19(28)15(24)8-5-6-11-23)20(29)25-16(10-13-33-3)21(30)27-12-7-9-17(27)22(31)32/h14-18H,4-13,23-24H2,1-3H3,(H,25,29)(H,26,28)(H,31,32). The van der Waals surface area contributed by atoms with Gasteiger partial charge >= 0.3 is 5.97 Å². The fourth-order valence-electron chi connectivity index (χ4n) is 3.84. The molecule has 190 valence electrons. The minimum Gasteiger partial charge on any atom is -0.480 e. The Kier molecular flexibility index (Phi) is 13.4. The summed E-state index contributed by atoms with van der Waals surface area (Å²) in [5.74, 6) is -1.86. The predicted molar refractivity (Wildman–Crippen MR) is 130 cm³/mol. The van der Waals surface area contributed by atoms with Crippen molar-refractivity contribution in [2.24, 2.45) is 17.4 Å². The molecule has 10 nitrogen and oxygen atoms in total. The van der Waals surface area contributed by atoms with Gasteiger partial charge in [-0.3, -0.25) is 14.4 Å². The van der Waals surface area contributed by atoms with E-state index in [1.165, 1.54) is 16.7 Å². The summed E-state index contributed by atoms with van der Waals surface area (Å²) in [6.45, 7) is 4.64. The molecule has 1 rings (SSSR count). The van der Waals surface area contributed by atoms with Gasteiger partial charge in [0, 0.05) is 6.54 Å². The molecule has 5 unspecified atom stereocenters. The zero-order valence-corrected chi connectivity index (χ0v) is 20.9. The van der Waals surface area contributed by atoms with Crippen LogP contribution in [0.1, 0.15) is 58.8 Å². The molecule has 0 aliphatic carbocycles. The van der Waals surface area contributed by atoms with E-state index in [4.69, 9.17) is 11.5 Å². The number of unbranched alkanes of at least 4 members (excludes halogenated alkanes) is 1. The van der Waals surface area contributed by atoms with E-state index in [9.17, 15) is 24.3 Å². The van der Waals surface area contributed by atoms with Crippen molar-refractivity contribution in [3.05, 3.63) is 0 Å². The van der Waals surface area contributed by atoms with Crippen LogP contribution in [0, 0.1) is 5.92 Å². The highest BCUT2D eigenvalue weighted by Crippen LogP contribution is 2.20. The van der Waals surface area contributed by atoms with Crippen molar-refractivity contribution in [3.8, 4) is 0 Å². The quantitative estimate of drug-likeness (QED) is 0.205. The number of nitrogens with zero attached hydrogens (tertiary/aromatic N) is 1. The van der Waals surface area contributed by atoms with Gasteiger partial charge in [-0.2, -0.15) is 11.8 Å². The molecule has 0 radical (unpaired) electrons. The molecule has 0 aromatic heterocycles.